The maximum Gasteiger partial charge on any atom is 0.261 e. The molecule has 1 saturated heterocycles. The van der Waals surface area contributed by atoms with Gasteiger partial charge in [-0.2, -0.15) is 0 Å². The first-order valence-corrected chi connectivity index (χ1v) is 11.8. The molecular weight excluding hydrogens is 459 g/mol. The molecule has 0 aromatic heterocycles. The van der Waals surface area contributed by atoms with Crippen LogP contribution >= 0.6 is 35.0 Å². The van der Waals surface area contributed by atoms with E-state index in [1.54, 1.807) is 30.3 Å². The number of hydrogen-bond donors (Lipinski definition) is 1. The Morgan fingerprint density at radius 2 is 1.90 bits per heavy atom. The van der Waals surface area contributed by atoms with Gasteiger partial charge in [0.05, 0.1) is 39.6 Å². The Kier molecular flexibility index (Phi) is 6.86. The molecule has 1 N–H and O–H groups in total. The van der Waals surface area contributed by atoms with Gasteiger partial charge >= 0.3 is 0 Å². The summed E-state index contributed by atoms with van der Waals surface area (Å²) in [6, 6.07) is 10.2. The van der Waals surface area contributed by atoms with Crippen LogP contribution in [0.2, 0.25) is 10.0 Å². The topological polar surface area (TPSA) is 75.7 Å². The number of anilines is 1. The fraction of sp³-hybridized carbons (Fsp3) is 0.318. The maximum atomic E-state index is 12.7. The summed E-state index contributed by atoms with van der Waals surface area (Å²) in [6.07, 6.45) is 1.68. The summed E-state index contributed by atoms with van der Waals surface area (Å²) in [7, 11) is 0. The number of fused-ring (bicyclic) bond motifs is 1. The molecule has 3 amide bonds. The van der Waals surface area contributed by atoms with Gasteiger partial charge in [-0.05, 0) is 48.7 Å². The van der Waals surface area contributed by atoms with Crippen molar-refractivity contribution in [2.75, 3.05) is 24.2 Å². The Bertz CT molecular complexity index is 1040. The monoisotopic (exact) mass is 478 g/mol. The fourth-order valence-corrected chi connectivity index (χ4v) is 4.71. The van der Waals surface area contributed by atoms with E-state index in [9.17, 15) is 14.4 Å². The van der Waals surface area contributed by atoms with E-state index >= 15 is 0 Å². The Morgan fingerprint density at radius 3 is 2.65 bits per heavy atom. The van der Waals surface area contributed by atoms with Gasteiger partial charge in [0.1, 0.15) is 0 Å². The highest BCUT2D eigenvalue weighted by atomic mass is 35.5. The highest BCUT2D eigenvalue weighted by Crippen LogP contribution is 2.28. The molecule has 2 heterocycles. The molecule has 1 atom stereocenters. The Labute approximate surface area is 194 Å². The third-order valence-electron chi connectivity index (χ3n) is 5.15. The van der Waals surface area contributed by atoms with Crippen LogP contribution < -0.4 is 5.32 Å². The van der Waals surface area contributed by atoms with E-state index < -0.39 is 0 Å². The first-order valence-electron chi connectivity index (χ1n) is 9.86. The number of carbonyl (C=O) groups is 3. The average molecular weight is 479 g/mol. The lowest BCUT2D eigenvalue weighted by Gasteiger charge is -2.17. The van der Waals surface area contributed by atoms with Crippen LogP contribution in [0, 0.1) is 0 Å². The minimum absolute atomic E-state index is 0.103. The van der Waals surface area contributed by atoms with Crippen LogP contribution in [0.3, 0.4) is 0 Å². The molecule has 31 heavy (non-hydrogen) atoms. The third kappa shape index (κ3) is 5.06. The average Bonchev–Trinajstić information content (AvgIpc) is 3.34. The maximum absolute atomic E-state index is 12.7. The van der Waals surface area contributed by atoms with Crippen LogP contribution in [0.25, 0.3) is 0 Å². The zero-order chi connectivity index (χ0) is 22.0. The zero-order valence-corrected chi connectivity index (χ0v) is 18.9. The normalized spacial score (nSPS) is 17.9. The zero-order valence-electron chi connectivity index (χ0n) is 16.5. The van der Waals surface area contributed by atoms with Crippen LogP contribution in [0.4, 0.5) is 5.69 Å². The van der Waals surface area contributed by atoms with E-state index in [2.05, 4.69) is 5.32 Å². The van der Waals surface area contributed by atoms with Gasteiger partial charge in [-0.25, -0.2) is 0 Å². The van der Waals surface area contributed by atoms with Crippen molar-refractivity contribution in [1.82, 2.24) is 4.90 Å². The van der Waals surface area contributed by atoms with Gasteiger partial charge < -0.3 is 10.1 Å². The lowest BCUT2D eigenvalue weighted by molar-refractivity contribution is -0.113. The summed E-state index contributed by atoms with van der Waals surface area (Å²) in [5.41, 5.74) is 2.12. The lowest BCUT2D eigenvalue weighted by Crippen LogP contribution is -2.36. The number of rotatable bonds is 7. The molecule has 1 fully saturated rings. The highest BCUT2D eigenvalue weighted by Gasteiger charge is 2.37. The SMILES string of the molecule is O=C(CSCc1ccc(Cl)c(Cl)c1)Nc1ccc2c(c1)C(=O)N(CC1CCCO1)C2=O. The number of hydrogen-bond acceptors (Lipinski definition) is 5. The van der Waals surface area contributed by atoms with Crippen molar-refractivity contribution in [1.29, 1.82) is 0 Å². The van der Waals surface area contributed by atoms with Crippen molar-refractivity contribution < 1.29 is 19.1 Å². The molecular formula is C22H20Cl2N2O4S. The number of nitrogens with zero attached hydrogens (tertiary/aromatic N) is 1. The Morgan fingerprint density at radius 1 is 1.10 bits per heavy atom. The van der Waals surface area contributed by atoms with Gasteiger partial charge in [0.2, 0.25) is 5.91 Å². The largest absolute Gasteiger partial charge is 0.376 e. The minimum Gasteiger partial charge on any atom is -0.376 e. The summed E-state index contributed by atoms with van der Waals surface area (Å²) in [6.45, 7) is 0.923. The number of benzene rings is 2. The molecule has 9 heteroatoms. The standard InChI is InChI=1S/C22H20Cl2N2O4S/c23-18-6-3-13(8-19(18)24)11-31-12-20(27)25-14-4-5-16-17(9-14)22(29)26(21(16)28)10-15-2-1-7-30-15/h3-6,8-9,15H,1-2,7,10-12H2,(H,25,27). The number of nitrogens with one attached hydrogen (secondary N) is 1. The fourth-order valence-electron chi connectivity index (χ4n) is 3.61. The number of amides is 3. The van der Waals surface area contributed by atoms with Crippen LogP contribution in [-0.2, 0) is 15.3 Å². The molecule has 2 aromatic rings. The molecule has 0 radical (unpaired) electrons. The second kappa shape index (κ2) is 9.61. The predicted molar refractivity (Wildman–Crippen MR) is 122 cm³/mol. The first kappa shape index (κ1) is 22.1. The molecule has 2 aliphatic rings. The van der Waals surface area contributed by atoms with E-state index in [0.29, 0.717) is 39.2 Å². The quantitative estimate of drug-likeness (QED) is 0.586. The van der Waals surface area contributed by atoms with E-state index in [1.807, 2.05) is 6.07 Å². The van der Waals surface area contributed by atoms with Crippen molar-refractivity contribution in [3.8, 4) is 0 Å². The van der Waals surface area contributed by atoms with E-state index in [-0.39, 0.29) is 36.1 Å². The van der Waals surface area contributed by atoms with E-state index in [4.69, 9.17) is 27.9 Å². The van der Waals surface area contributed by atoms with Gasteiger partial charge in [-0.15, -0.1) is 11.8 Å². The molecule has 6 nitrogen and oxygen atoms in total. The van der Waals surface area contributed by atoms with Crippen molar-refractivity contribution in [3.05, 3.63) is 63.1 Å². The van der Waals surface area contributed by atoms with Crippen molar-refractivity contribution in [2.45, 2.75) is 24.7 Å². The summed E-state index contributed by atoms with van der Waals surface area (Å²) in [4.78, 5) is 38.9. The van der Waals surface area contributed by atoms with Crippen LogP contribution in [-0.4, -0.2) is 47.6 Å². The van der Waals surface area contributed by atoms with E-state index in [0.717, 1.165) is 18.4 Å². The molecule has 0 bridgehead atoms. The third-order valence-corrected chi connectivity index (χ3v) is 6.89. The Balaban J connectivity index is 1.33. The highest BCUT2D eigenvalue weighted by molar-refractivity contribution is 7.99. The number of ether oxygens (including phenoxy) is 1. The van der Waals surface area contributed by atoms with Crippen LogP contribution in [0.5, 0.6) is 0 Å². The predicted octanol–water partition coefficient (Wildman–Crippen LogP) is 4.64. The van der Waals surface area contributed by atoms with Crippen LogP contribution in [0.15, 0.2) is 36.4 Å². The summed E-state index contributed by atoms with van der Waals surface area (Å²) in [5, 5.41) is 3.76. The second-order valence-corrected chi connectivity index (χ2v) is 9.21. The number of halogens is 2. The van der Waals surface area contributed by atoms with Gasteiger partial charge in [-0.3, -0.25) is 19.3 Å². The molecule has 162 valence electrons. The van der Waals surface area contributed by atoms with Gasteiger partial charge in [0, 0.05) is 18.0 Å². The van der Waals surface area contributed by atoms with E-state index in [1.165, 1.54) is 16.7 Å². The molecule has 2 aliphatic heterocycles. The number of thioether (sulfide) groups is 1. The summed E-state index contributed by atoms with van der Waals surface area (Å²) < 4.78 is 5.55. The Hall–Kier alpha value is -2.06. The van der Waals surface area contributed by atoms with Gasteiger partial charge in [0.25, 0.3) is 11.8 Å². The first-order chi connectivity index (χ1) is 14.9. The molecule has 4 rings (SSSR count). The lowest BCUT2D eigenvalue weighted by atomic mass is 10.1. The summed E-state index contributed by atoms with van der Waals surface area (Å²) in [5.74, 6) is -0.0150. The van der Waals surface area contributed by atoms with Crippen LogP contribution in [0.1, 0.15) is 39.1 Å². The molecule has 0 spiro atoms. The molecule has 1 unspecified atom stereocenters. The van der Waals surface area contributed by atoms with Gasteiger partial charge in [-0.1, -0.05) is 29.3 Å². The van der Waals surface area contributed by atoms with Crippen molar-refractivity contribution >= 4 is 58.4 Å². The van der Waals surface area contributed by atoms with Crippen molar-refractivity contribution in [2.24, 2.45) is 0 Å². The smallest absolute Gasteiger partial charge is 0.261 e. The number of carbonyl (C=O) groups excluding carboxylic acids is 3. The van der Waals surface area contributed by atoms with Gasteiger partial charge in [0.15, 0.2) is 0 Å². The minimum atomic E-state index is -0.347. The summed E-state index contributed by atoms with van der Waals surface area (Å²) >= 11 is 13.4. The van der Waals surface area contributed by atoms with Crippen molar-refractivity contribution in [3.63, 3.8) is 0 Å². The number of imide groups is 1. The molecule has 0 saturated carbocycles. The molecule has 2 aromatic carbocycles. The second-order valence-electron chi connectivity index (χ2n) is 7.41. The molecule has 0 aliphatic carbocycles.